The van der Waals surface area contributed by atoms with Crippen molar-refractivity contribution in [2.45, 2.75) is 20.0 Å². The van der Waals surface area contributed by atoms with Crippen LogP contribution in [-0.4, -0.2) is 30.8 Å². The van der Waals surface area contributed by atoms with E-state index in [9.17, 15) is 19.8 Å². The highest BCUT2D eigenvalue weighted by molar-refractivity contribution is 5.92. The lowest BCUT2D eigenvalue weighted by Gasteiger charge is -2.12. The predicted octanol–water partition coefficient (Wildman–Crippen LogP) is 1.99. The first-order valence-corrected chi connectivity index (χ1v) is 7.80. The Morgan fingerprint density at radius 2 is 2.00 bits per heavy atom. The SMILES string of the molecule is CCc1c(-c2ccc3c(c2)cc(CO)n3C)[nH]c(=O)c(C(=O)O)c1O. The standard InChI is InChI=1S/C18H18N2O5/c1-3-12-15(19-17(23)14(16(12)22)18(24)25)9-4-5-13-10(6-9)7-11(8-21)20(13)2/h4-7,21H,3,8H2,1-2H3,(H,24,25)(H2,19,22,23). The molecule has 0 aliphatic carbocycles. The smallest absolute Gasteiger partial charge is 0.345 e. The molecule has 2 heterocycles. The Bertz CT molecular complexity index is 1050. The Labute approximate surface area is 142 Å². The van der Waals surface area contributed by atoms with Gasteiger partial charge in [0.1, 0.15) is 5.75 Å². The van der Waals surface area contributed by atoms with Gasteiger partial charge in [0.05, 0.1) is 12.3 Å². The molecule has 0 bridgehead atoms. The van der Waals surface area contributed by atoms with Crippen molar-refractivity contribution in [3.8, 4) is 17.0 Å². The molecule has 0 unspecified atom stereocenters. The van der Waals surface area contributed by atoms with Crippen molar-refractivity contribution in [3.63, 3.8) is 0 Å². The summed E-state index contributed by atoms with van der Waals surface area (Å²) in [6.45, 7) is 1.68. The third-order valence-electron chi connectivity index (χ3n) is 4.45. The van der Waals surface area contributed by atoms with E-state index >= 15 is 0 Å². The molecule has 4 N–H and O–H groups in total. The van der Waals surface area contributed by atoms with Crippen LogP contribution < -0.4 is 5.56 Å². The highest BCUT2D eigenvalue weighted by atomic mass is 16.4. The third-order valence-corrected chi connectivity index (χ3v) is 4.45. The molecule has 3 aromatic rings. The van der Waals surface area contributed by atoms with Crippen LogP contribution >= 0.6 is 0 Å². The molecule has 7 nitrogen and oxygen atoms in total. The number of hydrogen-bond acceptors (Lipinski definition) is 4. The highest BCUT2D eigenvalue weighted by Gasteiger charge is 2.22. The first-order chi connectivity index (χ1) is 11.9. The molecule has 3 rings (SSSR count). The number of aromatic carboxylic acids is 1. The fourth-order valence-electron chi connectivity index (χ4n) is 3.13. The van der Waals surface area contributed by atoms with Crippen molar-refractivity contribution < 1.29 is 20.1 Å². The molecular formula is C18H18N2O5. The maximum absolute atomic E-state index is 12.1. The van der Waals surface area contributed by atoms with Gasteiger partial charge in [-0.05, 0) is 30.2 Å². The van der Waals surface area contributed by atoms with Gasteiger partial charge in [-0.2, -0.15) is 0 Å². The van der Waals surface area contributed by atoms with E-state index in [2.05, 4.69) is 4.98 Å². The summed E-state index contributed by atoms with van der Waals surface area (Å²) in [4.78, 5) is 25.9. The number of carbonyl (C=O) groups is 1. The Morgan fingerprint density at radius 3 is 2.60 bits per heavy atom. The normalized spacial score (nSPS) is 11.2. The second-order valence-corrected chi connectivity index (χ2v) is 5.82. The number of rotatable bonds is 4. The molecule has 25 heavy (non-hydrogen) atoms. The second kappa shape index (κ2) is 6.10. The van der Waals surface area contributed by atoms with Crippen molar-refractivity contribution >= 4 is 16.9 Å². The lowest BCUT2D eigenvalue weighted by atomic mass is 9.99. The van der Waals surface area contributed by atoms with Crippen LogP contribution in [0.3, 0.4) is 0 Å². The van der Waals surface area contributed by atoms with Crippen LogP contribution in [0.4, 0.5) is 0 Å². The highest BCUT2D eigenvalue weighted by Crippen LogP contribution is 2.32. The summed E-state index contributed by atoms with van der Waals surface area (Å²) in [5.41, 5.74) is 1.59. The number of aryl methyl sites for hydroxylation is 1. The number of aromatic nitrogens is 2. The van der Waals surface area contributed by atoms with Gasteiger partial charge >= 0.3 is 5.97 Å². The monoisotopic (exact) mass is 342 g/mol. The summed E-state index contributed by atoms with van der Waals surface area (Å²) >= 11 is 0. The lowest BCUT2D eigenvalue weighted by Crippen LogP contribution is -2.20. The van der Waals surface area contributed by atoms with Crippen molar-refractivity contribution in [1.29, 1.82) is 0 Å². The van der Waals surface area contributed by atoms with Crippen LogP contribution in [0.15, 0.2) is 29.1 Å². The number of fused-ring (bicyclic) bond motifs is 1. The van der Waals surface area contributed by atoms with Crippen molar-refractivity contribution in [3.05, 3.63) is 51.4 Å². The lowest BCUT2D eigenvalue weighted by molar-refractivity contribution is 0.0691. The number of H-pyrrole nitrogens is 1. The van der Waals surface area contributed by atoms with E-state index in [-0.39, 0.29) is 6.61 Å². The van der Waals surface area contributed by atoms with Crippen LogP contribution in [0.25, 0.3) is 22.2 Å². The minimum absolute atomic E-state index is 0.0916. The minimum Gasteiger partial charge on any atom is -0.506 e. The molecule has 0 saturated heterocycles. The van der Waals surface area contributed by atoms with E-state index in [1.807, 2.05) is 29.8 Å². The fraction of sp³-hybridized carbons (Fsp3) is 0.222. The molecule has 0 amide bonds. The number of nitrogens with zero attached hydrogens (tertiary/aromatic N) is 1. The van der Waals surface area contributed by atoms with Crippen LogP contribution in [0.1, 0.15) is 28.5 Å². The van der Waals surface area contributed by atoms with E-state index < -0.39 is 22.8 Å². The summed E-state index contributed by atoms with van der Waals surface area (Å²) < 4.78 is 1.87. The summed E-state index contributed by atoms with van der Waals surface area (Å²) in [5.74, 6) is -1.97. The number of nitrogens with one attached hydrogen (secondary N) is 1. The number of carboxylic acids is 1. The molecular weight excluding hydrogens is 324 g/mol. The average Bonchev–Trinajstić information content (AvgIpc) is 2.89. The summed E-state index contributed by atoms with van der Waals surface area (Å²) in [7, 11) is 1.85. The molecule has 1 aromatic carbocycles. The number of aromatic hydroxyl groups is 1. The van der Waals surface area contributed by atoms with Crippen molar-refractivity contribution in [1.82, 2.24) is 9.55 Å². The quantitative estimate of drug-likeness (QED) is 0.579. The van der Waals surface area contributed by atoms with Gasteiger partial charge in [0.25, 0.3) is 5.56 Å². The van der Waals surface area contributed by atoms with E-state index in [4.69, 9.17) is 5.11 Å². The third kappa shape index (κ3) is 2.58. The van der Waals surface area contributed by atoms with E-state index in [0.717, 1.165) is 16.6 Å². The maximum Gasteiger partial charge on any atom is 0.345 e. The molecule has 130 valence electrons. The van der Waals surface area contributed by atoms with Crippen LogP contribution in [0.2, 0.25) is 0 Å². The van der Waals surface area contributed by atoms with Crippen LogP contribution in [0.5, 0.6) is 5.75 Å². The molecule has 0 aliphatic heterocycles. The largest absolute Gasteiger partial charge is 0.506 e. The summed E-state index contributed by atoms with van der Waals surface area (Å²) in [5, 5.41) is 29.6. The molecule has 0 saturated carbocycles. The number of pyridine rings is 1. The number of aliphatic hydroxyl groups excluding tert-OH is 1. The molecule has 7 heteroatoms. The molecule has 2 aromatic heterocycles. The number of carboxylic acid groups (broad SMARTS) is 1. The molecule has 0 fully saturated rings. The molecule has 0 radical (unpaired) electrons. The number of aliphatic hydroxyl groups is 1. The number of benzene rings is 1. The van der Waals surface area contributed by atoms with Crippen LogP contribution in [0, 0.1) is 0 Å². The van der Waals surface area contributed by atoms with Crippen LogP contribution in [-0.2, 0) is 20.1 Å². The zero-order valence-electron chi connectivity index (χ0n) is 13.8. The summed E-state index contributed by atoms with van der Waals surface area (Å²) in [6, 6.07) is 7.31. The summed E-state index contributed by atoms with van der Waals surface area (Å²) in [6.07, 6.45) is 0.354. The van der Waals surface area contributed by atoms with Gasteiger partial charge < -0.3 is 24.9 Å². The number of aromatic amines is 1. The second-order valence-electron chi connectivity index (χ2n) is 5.82. The Kier molecular flexibility index (Phi) is 4.10. The van der Waals surface area contributed by atoms with Crippen molar-refractivity contribution in [2.24, 2.45) is 7.05 Å². The molecule has 0 atom stereocenters. The average molecular weight is 342 g/mol. The van der Waals surface area contributed by atoms with E-state index in [0.29, 0.717) is 23.2 Å². The molecule has 0 aliphatic rings. The topological polar surface area (TPSA) is 116 Å². The first kappa shape index (κ1) is 16.8. The van der Waals surface area contributed by atoms with E-state index in [1.165, 1.54) is 0 Å². The predicted molar refractivity (Wildman–Crippen MR) is 92.9 cm³/mol. The van der Waals surface area contributed by atoms with Gasteiger partial charge in [0, 0.05) is 29.2 Å². The Morgan fingerprint density at radius 1 is 1.28 bits per heavy atom. The zero-order chi connectivity index (χ0) is 18.3. The first-order valence-electron chi connectivity index (χ1n) is 7.80. The van der Waals surface area contributed by atoms with Gasteiger partial charge in [-0.15, -0.1) is 0 Å². The van der Waals surface area contributed by atoms with Gasteiger partial charge in [0.15, 0.2) is 5.56 Å². The van der Waals surface area contributed by atoms with Gasteiger partial charge in [-0.3, -0.25) is 4.79 Å². The van der Waals surface area contributed by atoms with Crippen molar-refractivity contribution in [2.75, 3.05) is 0 Å². The fourth-order valence-corrected chi connectivity index (χ4v) is 3.13. The maximum atomic E-state index is 12.1. The van der Waals surface area contributed by atoms with E-state index in [1.54, 1.807) is 13.0 Å². The van der Waals surface area contributed by atoms with Gasteiger partial charge in [-0.1, -0.05) is 13.0 Å². The Balaban J connectivity index is 2.27. The minimum atomic E-state index is -1.47. The zero-order valence-corrected chi connectivity index (χ0v) is 13.8. The van der Waals surface area contributed by atoms with Gasteiger partial charge in [0.2, 0.25) is 0 Å². The van der Waals surface area contributed by atoms with Gasteiger partial charge in [-0.25, -0.2) is 4.79 Å². The molecule has 0 spiro atoms. The number of hydrogen-bond donors (Lipinski definition) is 4. The Hall–Kier alpha value is -3.06.